The number of rotatable bonds is 3. The highest BCUT2D eigenvalue weighted by Gasteiger charge is 2.39. The molecule has 0 aromatic heterocycles. The molecule has 8 heteroatoms. The van der Waals surface area contributed by atoms with Crippen LogP contribution in [-0.4, -0.2) is 30.2 Å². The summed E-state index contributed by atoms with van der Waals surface area (Å²) in [4.78, 5) is 14.4. The van der Waals surface area contributed by atoms with Gasteiger partial charge in [0.1, 0.15) is 11.1 Å². The molecule has 1 aliphatic heterocycles. The van der Waals surface area contributed by atoms with Crippen LogP contribution in [0.2, 0.25) is 0 Å². The summed E-state index contributed by atoms with van der Waals surface area (Å²) in [7, 11) is 1.53. The molecule has 0 radical (unpaired) electrons. The van der Waals surface area contributed by atoms with Crippen molar-refractivity contribution < 1.29 is 22.7 Å². The molecule has 138 valence electrons. The van der Waals surface area contributed by atoms with E-state index in [1.54, 1.807) is 6.07 Å². The van der Waals surface area contributed by atoms with Gasteiger partial charge in [-0.1, -0.05) is 28.1 Å². The van der Waals surface area contributed by atoms with Crippen LogP contribution in [0.4, 0.5) is 13.2 Å². The van der Waals surface area contributed by atoms with Gasteiger partial charge in [0.2, 0.25) is 0 Å². The zero-order chi connectivity index (χ0) is 18.9. The lowest BCUT2D eigenvalue weighted by Crippen LogP contribution is -2.32. The van der Waals surface area contributed by atoms with Gasteiger partial charge < -0.3 is 9.64 Å². The van der Waals surface area contributed by atoms with Gasteiger partial charge in [0.05, 0.1) is 18.2 Å². The van der Waals surface area contributed by atoms with Gasteiger partial charge in [-0.15, -0.1) is 11.8 Å². The predicted molar refractivity (Wildman–Crippen MR) is 98.4 cm³/mol. The van der Waals surface area contributed by atoms with Crippen molar-refractivity contribution >= 4 is 33.6 Å². The first-order valence-corrected chi connectivity index (χ1v) is 9.59. The van der Waals surface area contributed by atoms with E-state index in [1.807, 2.05) is 12.1 Å². The SMILES string of the molecule is COc1ccc(Br)cc1C1SCCN1C(=O)c1ccccc1C(F)(F)F. The zero-order valence-electron chi connectivity index (χ0n) is 13.7. The summed E-state index contributed by atoms with van der Waals surface area (Å²) < 4.78 is 46.0. The molecule has 1 atom stereocenters. The van der Waals surface area contributed by atoms with Crippen LogP contribution in [0, 0.1) is 0 Å². The second kappa shape index (κ2) is 7.52. The second-order valence-electron chi connectivity index (χ2n) is 5.65. The average Bonchev–Trinajstić information content (AvgIpc) is 3.10. The fourth-order valence-electron chi connectivity index (χ4n) is 2.91. The fourth-order valence-corrected chi connectivity index (χ4v) is 4.55. The molecule has 1 heterocycles. The van der Waals surface area contributed by atoms with Crippen LogP contribution < -0.4 is 4.74 Å². The quantitative estimate of drug-likeness (QED) is 0.636. The lowest BCUT2D eigenvalue weighted by Gasteiger charge is -2.26. The number of methoxy groups -OCH3 is 1. The number of ether oxygens (including phenoxy) is 1. The van der Waals surface area contributed by atoms with Crippen molar-refractivity contribution in [2.45, 2.75) is 11.6 Å². The molecule has 2 aromatic carbocycles. The zero-order valence-corrected chi connectivity index (χ0v) is 16.1. The van der Waals surface area contributed by atoms with Crippen molar-refractivity contribution in [2.75, 3.05) is 19.4 Å². The van der Waals surface area contributed by atoms with Crippen LogP contribution in [0.25, 0.3) is 0 Å². The number of carbonyl (C=O) groups excluding carboxylic acids is 1. The van der Waals surface area contributed by atoms with E-state index < -0.39 is 23.0 Å². The van der Waals surface area contributed by atoms with E-state index in [0.717, 1.165) is 16.1 Å². The standard InChI is InChI=1S/C18H15BrF3NO2S/c1-25-15-7-6-11(19)10-13(15)17-23(8-9-26-17)16(24)12-4-2-3-5-14(12)18(20,21)22/h2-7,10,17H,8-9H2,1H3. The lowest BCUT2D eigenvalue weighted by molar-refractivity contribution is -0.138. The molecular weight excluding hydrogens is 431 g/mol. The number of halogens is 4. The first-order chi connectivity index (χ1) is 12.3. The number of hydrogen-bond donors (Lipinski definition) is 0. The summed E-state index contributed by atoms with van der Waals surface area (Å²) in [5.41, 5.74) is -0.495. The molecule has 1 fully saturated rings. The van der Waals surface area contributed by atoms with E-state index >= 15 is 0 Å². The third kappa shape index (κ3) is 3.71. The number of alkyl halides is 3. The van der Waals surface area contributed by atoms with Crippen LogP contribution in [0.15, 0.2) is 46.9 Å². The highest BCUT2D eigenvalue weighted by molar-refractivity contribution is 9.10. The molecule has 0 saturated carbocycles. The molecule has 3 rings (SSSR count). The van der Waals surface area contributed by atoms with Crippen LogP contribution in [0.1, 0.15) is 26.9 Å². The minimum atomic E-state index is -4.58. The predicted octanol–water partition coefficient (Wildman–Crippen LogP) is 5.36. The van der Waals surface area contributed by atoms with Crippen LogP contribution in [-0.2, 0) is 6.18 Å². The fraction of sp³-hybridized carbons (Fsp3) is 0.278. The monoisotopic (exact) mass is 445 g/mol. The third-order valence-electron chi connectivity index (χ3n) is 4.07. The molecule has 1 aliphatic rings. The van der Waals surface area contributed by atoms with Gasteiger partial charge in [-0.05, 0) is 30.3 Å². The maximum Gasteiger partial charge on any atom is 0.417 e. The Bertz CT molecular complexity index is 828. The Hall–Kier alpha value is -1.67. The van der Waals surface area contributed by atoms with Crippen LogP contribution in [0.5, 0.6) is 5.75 Å². The molecule has 26 heavy (non-hydrogen) atoms. The first-order valence-electron chi connectivity index (χ1n) is 7.75. The summed E-state index contributed by atoms with van der Waals surface area (Å²) in [6.07, 6.45) is -4.58. The number of amides is 1. The number of benzene rings is 2. The van der Waals surface area contributed by atoms with Gasteiger partial charge in [-0.25, -0.2) is 0 Å². The average molecular weight is 446 g/mol. The Kier molecular flexibility index (Phi) is 5.53. The van der Waals surface area contributed by atoms with E-state index in [-0.39, 0.29) is 5.56 Å². The van der Waals surface area contributed by atoms with Crippen molar-refractivity contribution in [3.63, 3.8) is 0 Å². The van der Waals surface area contributed by atoms with Crippen molar-refractivity contribution in [3.8, 4) is 5.75 Å². The number of thioether (sulfide) groups is 1. The van der Waals surface area contributed by atoms with Gasteiger partial charge in [-0.3, -0.25) is 4.79 Å². The van der Waals surface area contributed by atoms with Crippen molar-refractivity contribution in [2.24, 2.45) is 0 Å². The van der Waals surface area contributed by atoms with Gasteiger partial charge in [0.15, 0.2) is 0 Å². The molecule has 1 unspecified atom stereocenters. The topological polar surface area (TPSA) is 29.5 Å². The Balaban J connectivity index is 2.00. The minimum absolute atomic E-state index is 0.332. The number of hydrogen-bond acceptors (Lipinski definition) is 3. The number of carbonyl (C=O) groups is 1. The Morgan fingerprint density at radius 3 is 2.69 bits per heavy atom. The van der Waals surface area contributed by atoms with Crippen LogP contribution in [0.3, 0.4) is 0 Å². The molecule has 0 aliphatic carbocycles. The van der Waals surface area contributed by atoms with E-state index in [4.69, 9.17) is 4.74 Å². The number of nitrogens with zero attached hydrogens (tertiary/aromatic N) is 1. The second-order valence-corrected chi connectivity index (χ2v) is 7.76. The van der Waals surface area contributed by atoms with E-state index in [2.05, 4.69) is 15.9 Å². The van der Waals surface area contributed by atoms with Gasteiger partial charge in [0.25, 0.3) is 5.91 Å². The molecule has 1 saturated heterocycles. The molecule has 0 N–H and O–H groups in total. The van der Waals surface area contributed by atoms with Gasteiger partial charge in [-0.2, -0.15) is 13.2 Å². The van der Waals surface area contributed by atoms with Gasteiger partial charge >= 0.3 is 6.18 Å². The van der Waals surface area contributed by atoms with Crippen molar-refractivity contribution in [1.29, 1.82) is 0 Å². The first kappa shape index (κ1) is 19.1. The van der Waals surface area contributed by atoms with Gasteiger partial charge in [0, 0.05) is 22.3 Å². The molecular formula is C18H15BrF3NO2S. The van der Waals surface area contributed by atoms with Crippen molar-refractivity contribution in [1.82, 2.24) is 4.90 Å². The van der Waals surface area contributed by atoms with E-state index in [1.165, 1.54) is 42.0 Å². The lowest BCUT2D eigenvalue weighted by atomic mass is 10.1. The Morgan fingerprint density at radius 1 is 1.27 bits per heavy atom. The highest BCUT2D eigenvalue weighted by Crippen LogP contribution is 2.44. The summed E-state index contributed by atoms with van der Waals surface area (Å²) >= 11 is 4.90. The molecule has 1 amide bonds. The third-order valence-corrected chi connectivity index (χ3v) is 5.81. The maximum atomic E-state index is 13.3. The molecule has 0 bridgehead atoms. The summed E-state index contributed by atoms with van der Waals surface area (Å²) in [5.74, 6) is 0.602. The smallest absolute Gasteiger partial charge is 0.417 e. The Morgan fingerprint density at radius 2 is 2.00 bits per heavy atom. The van der Waals surface area contributed by atoms with E-state index in [0.29, 0.717) is 18.0 Å². The highest BCUT2D eigenvalue weighted by atomic mass is 79.9. The van der Waals surface area contributed by atoms with E-state index in [9.17, 15) is 18.0 Å². The summed E-state index contributed by atoms with van der Waals surface area (Å²) in [5, 5.41) is -0.406. The molecule has 2 aromatic rings. The van der Waals surface area contributed by atoms with Crippen molar-refractivity contribution in [3.05, 3.63) is 63.6 Å². The largest absolute Gasteiger partial charge is 0.496 e. The summed E-state index contributed by atoms with van der Waals surface area (Å²) in [6.45, 7) is 0.371. The Labute approximate surface area is 161 Å². The molecule has 3 nitrogen and oxygen atoms in total. The summed E-state index contributed by atoms with van der Waals surface area (Å²) in [6, 6.07) is 10.3. The normalized spacial score (nSPS) is 17.4. The molecule has 0 spiro atoms. The van der Waals surface area contributed by atoms with Crippen LogP contribution >= 0.6 is 27.7 Å². The minimum Gasteiger partial charge on any atom is -0.496 e. The maximum absolute atomic E-state index is 13.3.